The number of carbonyl (C=O) groups is 1. The fourth-order valence-corrected chi connectivity index (χ4v) is 3.21. The zero-order chi connectivity index (χ0) is 19.3. The number of thiocarbonyl (C=S) groups is 1. The SMILES string of the molecule is CC(C)COc1ccc(C(=O)NC(=S)Nc2cc(Cl)cc(Cl)c2)cc1Br. The van der Waals surface area contributed by atoms with Crippen molar-refractivity contribution >= 4 is 68.1 Å². The quantitative estimate of drug-likeness (QED) is 0.527. The Morgan fingerprint density at radius 2 is 1.85 bits per heavy atom. The topological polar surface area (TPSA) is 50.4 Å². The number of hydrogen-bond donors (Lipinski definition) is 2. The first kappa shape index (κ1) is 21.0. The predicted octanol–water partition coefficient (Wildman–Crippen LogP) is 5.92. The van der Waals surface area contributed by atoms with Crippen molar-refractivity contribution in [3.8, 4) is 5.75 Å². The van der Waals surface area contributed by atoms with E-state index in [1.165, 1.54) is 0 Å². The number of nitrogens with one attached hydrogen (secondary N) is 2. The van der Waals surface area contributed by atoms with Crippen molar-refractivity contribution in [3.05, 3.63) is 56.5 Å². The molecule has 0 saturated carbocycles. The highest BCUT2D eigenvalue weighted by Gasteiger charge is 2.12. The Morgan fingerprint density at radius 1 is 1.19 bits per heavy atom. The van der Waals surface area contributed by atoms with Crippen LogP contribution in [0.1, 0.15) is 24.2 Å². The summed E-state index contributed by atoms with van der Waals surface area (Å²) in [5.74, 6) is 0.754. The molecule has 0 aliphatic heterocycles. The van der Waals surface area contributed by atoms with E-state index >= 15 is 0 Å². The highest BCUT2D eigenvalue weighted by atomic mass is 79.9. The molecule has 0 fully saturated rings. The highest BCUT2D eigenvalue weighted by molar-refractivity contribution is 9.10. The van der Waals surface area contributed by atoms with Crippen LogP contribution in [0.15, 0.2) is 40.9 Å². The molecule has 26 heavy (non-hydrogen) atoms. The van der Waals surface area contributed by atoms with Gasteiger partial charge in [0.25, 0.3) is 5.91 Å². The zero-order valence-electron chi connectivity index (χ0n) is 14.1. The number of hydrogen-bond acceptors (Lipinski definition) is 3. The molecule has 0 unspecified atom stereocenters. The summed E-state index contributed by atoms with van der Waals surface area (Å²) < 4.78 is 6.37. The van der Waals surface area contributed by atoms with E-state index in [-0.39, 0.29) is 11.0 Å². The molecule has 1 amide bonds. The normalized spacial score (nSPS) is 10.5. The minimum Gasteiger partial charge on any atom is -0.492 e. The number of benzene rings is 2. The van der Waals surface area contributed by atoms with Crippen molar-refractivity contribution < 1.29 is 9.53 Å². The molecule has 138 valence electrons. The van der Waals surface area contributed by atoms with Gasteiger partial charge in [0, 0.05) is 21.3 Å². The Kier molecular flexibility index (Phi) is 7.70. The van der Waals surface area contributed by atoms with E-state index in [9.17, 15) is 4.79 Å². The van der Waals surface area contributed by atoms with E-state index in [0.29, 0.717) is 44.0 Å². The van der Waals surface area contributed by atoms with Gasteiger partial charge >= 0.3 is 0 Å². The van der Waals surface area contributed by atoms with E-state index in [0.717, 1.165) is 0 Å². The lowest BCUT2D eigenvalue weighted by atomic mass is 10.2. The Bertz CT molecular complexity index is 811. The summed E-state index contributed by atoms with van der Waals surface area (Å²) in [5.41, 5.74) is 1.04. The average Bonchev–Trinajstić information content (AvgIpc) is 2.52. The number of ether oxygens (including phenoxy) is 1. The molecule has 0 bridgehead atoms. The first-order valence-electron chi connectivity index (χ1n) is 7.75. The monoisotopic (exact) mass is 474 g/mol. The second kappa shape index (κ2) is 9.55. The van der Waals surface area contributed by atoms with Gasteiger partial charge in [-0.2, -0.15) is 0 Å². The summed E-state index contributed by atoms with van der Waals surface area (Å²) in [6, 6.07) is 10.0. The van der Waals surface area contributed by atoms with Gasteiger partial charge in [0.15, 0.2) is 5.11 Å². The molecule has 0 aliphatic carbocycles. The van der Waals surface area contributed by atoms with Crippen LogP contribution < -0.4 is 15.4 Å². The second-order valence-corrected chi connectivity index (χ2v) is 8.05. The van der Waals surface area contributed by atoms with Crippen molar-refractivity contribution in [2.45, 2.75) is 13.8 Å². The molecular weight excluding hydrogens is 459 g/mol. The van der Waals surface area contributed by atoms with E-state index in [4.69, 9.17) is 40.2 Å². The number of anilines is 1. The van der Waals surface area contributed by atoms with E-state index in [2.05, 4.69) is 40.4 Å². The van der Waals surface area contributed by atoms with Gasteiger partial charge in [-0.1, -0.05) is 37.0 Å². The molecule has 2 N–H and O–H groups in total. The van der Waals surface area contributed by atoms with Gasteiger partial charge in [-0.05, 0) is 70.5 Å². The number of carbonyl (C=O) groups excluding carboxylic acids is 1. The molecule has 0 aliphatic rings. The number of rotatable bonds is 5. The van der Waals surface area contributed by atoms with Crippen LogP contribution in [0.25, 0.3) is 0 Å². The minimum atomic E-state index is -0.341. The van der Waals surface area contributed by atoms with Gasteiger partial charge in [0.1, 0.15) is 5.75 Å². The van der Waals surface area contributed by atoms with Crippen LogP contribution in [-0.2, 0) is 0 Å². The van der Waals surface area contributed by atoms with Gasteiger partial charge < -0.3 is 10.1 Å². The van der Waals surface area contributed by atoms with Crippen LogP contribution in [0.4, 0.5) is 5.69 Å². The molecule has 0 spiro atoms. The lowest BCUT2D eigenvalue weighted by Gasteiger charge is -2.13. The highest BCUT2D eigenvalue weighted by Crippen LogP contribution is 2.26. The predicted molar refractivity (Wildman–Crippen MR) is 115 cm³/mol. The second-order valence-electron chi connectivity index (χ2n) is 5.92. The molecule has 2 aromatic rings. The lowest BCUT2D eigenvalue weighted by Crippen LogP contribution is -2.34. The third-order valence-corrected chi connectivity index (χ3v) is 4.37. The van der Waals surface area contributed by atoms with Crippen molar-refractivity contribution in [2.75, 3.05) is 11.9 Å². The summed E-state index contributed by atoms with van der Waals surface area (Å²) >= 11 is 20.5. The summed E-state index contributed by atoms with van der Waals surface area (Å²) in [5, 5.41) is 6.57. The van der Waals surface area contributed by atoms with Gasteiger partial charge in [-0.15, -0.1) is 0 Å². The minimum absolute atomic E-state index is 0.143. The molecule has 0 heterocycles. The van der Waals surface area contributed by atoms with Crippen molar-refractivity contribution in [1.29, 1.82) is 0 Å². The van der Waals surface area contributed by atoms with Crippen molar-refractivity contribution in [3.63, 3.8) is 0 Å². The maximum absolute atomic E-state index is 12.4. The van der Waals surface area contributed by atoms with Crippen LogP contribution in [0, 0.1) is 5.92 Å². The summed E-state index contributed by atoms with van der Waals surface area (Å²) in [7, 11) is 0. The van der Waals surface area contributed by atoms with Gasteiger partial charge in [0.2, 0.25) is 0 Å². The van der Waals surface area contributed by atoms with Crippen LogP contribution in [0.5, 0.6) is 5.75 Å². The molecule has 8 heteroatoms. The van der Waals surface area contributed by atoms with Gasteiger partial charge in [0.05, 0.1) is 11.1 Å². The molecule has 0 saturated heterocycles. The van der Waals surface area contributed by atoms with Crippen molar-refractivity contribution in [2.24, 2.45) is 5.92 Å². The standard InChI is InChI=1S/C18H17BrCl2N2O2S/c1-10(2)9-25-16-4-3-11(5-15(16)19)17(24)23-18(26)22-14-7-12(20)6-13(21)8-14/h3-8,10H,9H2,1-2H3,(H2,22,23,24,26). The molecular formula is C18H17BrCl2N2O2S. The fourth-order valence-electron chi connectivity index (χ4n) is 1.98. The Morgan fingerprint density at radius 3 is 2.42 bits per heavy atom. The van der Waals surface area contributed by atoms with E-state index in [1.807, 2.05) is 0 Å². The number of amides is 1. The summed E-state index contributed by atoms with van der Waals surface area (Å²) in [6.07, 6.45) is 0. The lowest BCUT2D eigenvalue weighted by molar-refractivity contribution is 0.0977. The number of halogens is 3. The fraction of sp³-hybridized carbons (Fsp3) is 0.222. The summed E-state index contributed by atoms with van der Waals surface area (Å²) in [6.45, 7) is 4.73. The van der Waals surface area contributed by atoms with Crippen molar-refractivity contribution in [1.82, 2.24) is 5.32 Å². The van der Waals surface area contributed by atoms with Gasteiger partial charge in [-0.25, -0.2) is 0 Å². The maximum Gasteiger partial charge on any atom is 0.257 e. The third-order valence-electron chi connectivity index (χ3n) is 3.11. The Balaban J connectivity index is 2.00. The largest absolute Gasteiger partial charge is 0.492 e. The van der Waals surface area contributed by atoms with Gasteiger partial charge in [-0.3, -0.25) is 10.1 Å². The first-order valence-corrected chi connectivity index (χ1v) is 9.71. The molecule has 0 atom stereocenters. The summed E-state index contributed by atoms with van der Waals surface area (Å²) in [4.78, 5) is 12.4. The maximum atomic E-state index is 12.4. The van der Waals surface area contributed by atoms with Crippen LogP contribution in [0.2, 0.25) is 10.0 Å². The van der Waals surface area contributed by atoms with Crippen LogP contribution >= 0.6 is 51.3 Å². The van der Waals surface area contributed by atoms with Crippen LogP contribution in [-0.4, -0.2) is 17.6 Å². The van der Waals surface area contributed by atoms with Crippen LogP contribution in [0.3, 0.4) is 0 Å². The average molecular weight is 476 g/mol. The Labute approximate surface area is 176 Å². The van der Waals surface area contributed by atoms with E-state index in [1.54, 1.807) is 36.4 Å². The zero-order valence-corrected chi connectivity index (χ0v) is 18.0. The molecule has 0 radical (unpaired) electrons. The molecule has 2 rings (SSSR count). The molecule has 0 aromatic heterocycles. The third kappa shape index (κ3) is 6.43. The smallest absolute Gasteiger partial charge is 0.257 e. The molecule has 2 aromatic carbocycles. The van der Waals surface area contributed by atoms with E-state index < -0.39 is 0 Å². The molecule has 4 nitrogen and oxygen atoms in total. The first-order chi connectivity index (χ1) is 12.2. The Hall–Kier alpha value is -1.34.